The number of benzene rings is 4. The van der Waals surface area contributed by atoms with E-state index in [2.05, 4.69) is 93.6 Å². The van der Waals surface area contributed by atoms with Crippen LogP contribution in [0.2, 0.25) is 0 Å². The van der Waals surface area contributed by atoms with E-state index in [0.717, 1.165) is 46.4 Å². The van der Waals surface area contributed by atoms with Crippen molar-refractivity contribution in [1.82, 2.24) is 0 Å². The van der Waals surface area contributed by atoms with Crippen LogP contribution in [-0.4, -0.2) is 39.1 Å². The highest BCUT2D eigenvalue weighted by Crippen LogP contribution is 2.45. The highest BCUT2D eigenvalue weighted by Gasteiger charge is 2.26. The molecule has 206 valence electrons. The molecule has 0 amide bonds. The van der Waals surface area contributed by atoms with Gasteiger partial charge in [0.2, 0.25) is 0 Å². The second-order valence-corrected chi connectivity index (χ2v) is 11.0. The van der Waals surface area contributed by atoms with Gasteiger partial charge in [-0.05, 0) is 51.9 Å². The second-order valence-electron chi connectivity index (χ2n) is 11.0. The van der Waals surface area contributed by atoms with Gasteiger partial charge in [-0.3, -0.25) is 0 Å². The van der Waals surface area contributed by atoms with E-state index in [1.807, 2.05) is 7.11 Å². The first kappa shape index (κ1) is 27.5. The molecule has 3 atom stereocenters. The summed E-state index contributed by atoms with van der Waals surface area (Å²) in [6.45, 7) is 8.79. The molecule has 4 heteroatoms. The molecule has 0 bridgehead atoms. The third kappa shape index (κ3) is 6.40. The average Bonchev–Trinajstić information content (AvgIpc) is 3.79. The van der Waals surface area contributed by atoms with Gasteiger partial charge in [-0.15, -0.1) is 0 Å². The fourth-order valence-electron chi connectivity index (χ4n) is 5.79. The minimum Gasteiger partial charge on any atom is -0.493 e. The number of hydrogen-bond donors (Lipinski definition) is 0. The molecule has 1 heterocycles. The van der Waals surface area contributed by atoms with Crippen LogP contribution >= 0.6 is 0 Å². The molecule has 1 aliphatic heterocycles. The molecule has 0 saturated carbocycles. The lowest BCUT2D eigenvalue weighted by Crippen LogP contribution is -2.29. The van der Waals surface area contributed by atoms with Crippen molar-refractivity contribution in [3.63, 3.8) is 0 Å². The standard InChI is InChI=1S/C35H42O4/c1-5-6-13-28(24(2)3)31(36-4)20-21-37-32-18-16-25-11-7-9-14-29(25)34(32)35-30-15-10-8-12-26(30)17-19-33(35)39-23-27-22-38-27/h7-12,14-19,24,27-28,31H,5-6,13,20-23H2,1-4H3/t27?,28-,31?/m1/s1. The summed E-state index contributed by atoms with van der Waals surface area (Å²) >= 11 is 0. The van der Waals surface area contributed by atoms with Crippen molar-refractivity contribution >= 4 is 21.5 Å². The van der Waals surface area contributed by atoms with Crippen molar-refractivity contribution in [2.24, 2.45) is 11.8 Å². The first-order chi connectivity index (χ1) is 19.1. The molecule has 0 aliphatic carbocycles. The Hall–Kier alpha value is -3.08. The third-order valence-electron chi connectivity index (χ3n) is 8.05. The Balaban J connectivity index is 1.52. The van der Waals surface area contributed by atoms with Crippen LogP contribution < -0.4 is 9.47 Å². The summed E-state index contributed by atoms with van der Waals surface area (Å²) in [6.07, 6.45) is 4.84. The molecule has 1 saturated heterocycles. The van der Waals surface area contributed by atoms with Gasteiger partial charge in [0.25, 0.3) is 0 Å². The Bertz CT molecular complexity index is 1370. The maximum Gasteiger partial charge on any atom is 0.128 e. The Morgan fingerprint density at radius 3 is 1.92 bits per heavy atom. The van der Waals surface area contributed by atoms with Crippen LogP contribution in [0.3, 0.4) is 0 Å². The molecule has 0 N–H and O–H groups in total. The number of unbranched alkanes of at least 4 members (excludes halogenated alkanes) is 1. The smallest absolute Gasteiger partial charge is 0.128 e. The van der Waals surface area contributed by atoms with Crippen LogP contribution in [0.15, 0.2) is 72.8 Å². The fraction of sp³-hybridized carbons (Fsp3) is 0.429. The monoisotopic (exact) mass is 526 g/mol. The normalized spacial score (nSPS) is 16.5. The number of methoxy groups -OCH3 is 1. The summed E-state index contributed by atoms with van der Waals surface area (Å²) < 4.78 is 24.5. The van der Waals surface area contributed by atoms with E-state index in [1.54, 1.807) is 0 Å². The summed E-state index contributed by atoms with van der Waals surface area (Å²) in [5, 5.41) is 4.67. The molecular weight excluding hydrogens is 484 g/mol. The molecule has 1 fully saturated rings. The fourth-order valence-corrected chi connectivity index (χ4v) is 5.79. The van der Waals surface area contributed by atoms with Crippen LogP contribution in [0.4, 0.5) is 0 Å². The SMILES string of the molecule is CCCC[C@H](C(C)C)C(CCOc1ccc2ccccc2c1-c1c(OCC2CO2)ccc2ccccc12)OC. The largest absolute Gasteiger partial charge is 0.493 e. The molecule has 4 nitrogen and oxygen atoms in total. The van der Waals surface area contributed by atoms with Gasteiger partial charge in [0.15, 0.2) is 0 Å². The van der Waals surface area contributed by atoms with Gasteiger partial charge in [0.05, 0.1) is 19.3 Å². The highest BCUT2D eigenvalue weighted by atomic mass is 16.6. The Kier molecular flexibility index (Phi) is 9.06. The van der Waals surface area contributed by atoms with Crippen molar-refractivity contribution in [2.75, 3.05) is 26.9 Å². The molecule has 0 spiro atoms. The minimum atomic E-state index is 0.176. The van der Waals surface area contributed by atoms with Crippen LogP contribution in [0.5, 0.6) is 11.5 Å². The first-order valence-corrected chi connectivity index (χ1v) is 14.5. The zero-order valence-corrected chi connectivity index (χ0v) is 23.8. The lowest BCUT2D eigenvalue weighted by atomic mass is 9.84. The first-order valence-electron chi connectivity index (χ1n) is 14.5. The summed E-state index contributed by atoms with van der Waals surface area (Å²) in [7, 11) is 1.84. The lowest BCUT2D eigenvalue weighted by Gasteiger charge is -2.29. The zero-order chi connectivity index (χ0) is 27.2. The van der Waals surface area contributed by atoms with Crippen LogP contribution in [0.25, 0.3) is 32.7 Å². The van der Waals surface area contributed by atoms with E-state index in [9.17, 15) is 0 Å². The van der Waals surface area contributed by atoms with Gasteiger partial charge in [-0.1, -0.05) is 94.3 Å². The van der Waals surface area contributed by atoms with Gasteiger partial charge < -0.3 is 18.9 Å². The topological polar surface area (TPSA) is 40.2 Å². The van der Waals surface area contributed by atoms with Gasteiger partial charge in [-0.2, -0.15) is 0 Å². The Labute approximate surface area is 233 Å². The molecule has 4 aromatic rings. The van der Waals surface area contributed by atoms with E-state index >= 15 is 0 Å². The molecule has 5 rings (SSSR count). The van der Waals surface area contributed by atoms with Crippen molar-refractivity contribution < 1.29 is 18.9 Å². The second kappa shape index (κ2) is 12.8. The summed E-state index contributed by atoms with van der Waals surface area (Å²) in [4.78, 5) is 0. The van der Waals surface area contributed by atoms with Gasteiger partial charge in [0, 0.05) is 24.7 Å². The molecular formula is C35H42O4. The molecule has 4 aromatic carbocycles. The van der Waals surface area contributed by atoms with Gasteiger partial charge >= 0.3 is 0 Å². The molecule has 1 aliphatic rings. The number of ether oxygens (including phenoxy) is 4. The average molecular weight is 527 g/mol. The van der Waals surface area contributed by atoms with Crippen LogP contribution in [0, 0.1) is 11.8 Å². The van der Waals surface area contributed by atoms with Crippen LogP contribution in [-0.2, 0) is 9.47 Å². The lowest BCUT2D eigenvalue weighted by molar-refractivity contribution is 0.0137. The van der Waals surface area contributed by atoms with Gasteiger partial charge in [-0.25, -0.2) is 0 Å². The molecule has 2 unspecified atom stereocenters. The molecule has 0 radical (unpaired) electrons. The predicted molar refractivity (Wildman–Crippen MR) is 161 cm³/mol. The summed E-state index contributed by atoms with van der Waals surface area (Å²) in [6, 6.07) is 25.5. The van der Waals surface area contributed by atoms with Crippen molar-refractivity contribution in [2.45, 2.75) is 58.7 Å². The minimum absolute atomic E-state index is 0.176. The van der Waals surface area contributed by atoms with Crippen LogP contribution in [0.1, 0.15) is 46.5 Å². The van der Waals surface area contributed by atoms with Gasteiger partial charge in [0.1, 0.15) is 24.2 Å². The maximum atomic E-state index is 6.65. The van der Waals surface area contributed by atoms with E-state index in [0.29, 0.717) is 25.0 Å². The van der Waals surface area contributed by atoms with E-state index in [1.165, 1.54) is 30.0 Å². The van der Waals surface area contributed by atoms with E-state index in [4.69, 9.17) is 18.9 Å². The van der Waals surface area contributed by atoms with Crippen molar-refractivity contribution in [1.29, 1.82) is 0 Å². The molecule has 39 heavy (non-hydrogen) atoms. The predicted octanol–water partition coefficient (Wildman–Crippen LogP) is 8.68. The third-order valence-corrected chi connectivity index (χ3v) is 8.05. The Morgan fingerprint density at radius 2 is 1.38 bits per heavy atom. The highest BCUT2D eigenvalue weighted by molar-refractivity contribution is 6.09. The number of hydrogen-bond acceptors (Lipinski definition) is 4. The van der Waals surface area contributed by atoms with E-state index < -0.39 is 0 Å². The van der Waals surface area contributed by atoms with Crippen molar-refractivity contribution in [3.05, 3.63) is 72.8 Å². The molecule has 0 aromatic heterocycles. The number of rotatable bonds is 14. The number of epoxide rings is 1. The quantitative estimate of drug-likeness (QED) is 0.154. The summed E-state index contributed by atoms with van der Waals surface area (Å²) in [5.74, 6) is 2.84. The summed E-state index contributed by atoms with van der Waals surface area (Å²) in [5.41, 5.74) is 2.16. The van der Waals surface area contributed by atoms with E-state index in [-0.39, 0.29) is 12.2 Å². The number of fused-ring (bicyclic) bond motifs is 2. The van der Waals surface area contributed by atoms with Crippen molar-refractivity contribution in [3.8, 4) is 22.6 Å². The Morgan fingerprint density at radius 1 is 0.795 bits per heavy atom. The zero-order valence-electron chi connectivity index (χ0n) is 23.8. The maximum absolute atomic E-state index is 6.65.